The van der Waals surface area contributed by atoms with Gasteiger partial charge in [0.15, 0.2) is 11.0 Å². The lowest BCUT2D eigenvalue weighted by Crippen LogP contribution is -2.15. The maximum atomic E-state index is 12.3. The number of nitrogens with zero attached hydrogens (tertiary/aromatic N) is 3. The number of hydrogen-bond acceptors (Lipinski definition) is 5. The van der Waals surface area contributed by atoms with Gasteiger partial charge in [0.1, 0.15) is 0 Å². The molecule has 0 radical (unpaired) electrons. The van der Waals surface area contributed by atoms with Crippen molar-refractivity contribution >= 4 is 50.9 Å². The summed E-state index contributed by atoms with van der Waals surface area (Å²) in [5.74, 6) is 0.599. The molecule has 0 unspecified atom stereocenters. The van der Waals surface area contributed by atoms with Crippen LogP contribution in [0.2, 0.25) is 0 Å². The average Bonchev–Trinajstić information content (AvgIpc) is 3.11. The summed E-state index contributed by atoms with van der Waals surface area (Å²) in [6.45, 7) is 5.78. The summed E-state index contributed by atoms with van der Waals surface area (Å²) in [7, 11) is 0. The molecule has 2 N–H and O–H groups in total. The van der Waals surface area contributed by atoms with Crippen molar-refractivity contribution in [2.45, 2.75) is 18.6 Å². The Hall–Kier alpha value is -2.91. The van der Waals surface area contributed by atoms with Gasteiger partial charge in [0, 0.05) is 34.9 Å². The fourth-order valence-electron chi connectivity index (χ4n) is 2.67. The Kier molecular flexibility index (Phi) is 7.42. The van der Waals surface area contributed by atoms with Crippen LogP contribution in [0.1, 0.15) is 6.92 Å². The van der Waals surface area contributed by atoms with Crippen LogP contribution < -0.4 is 10.6 Å². The van der Waals surface area contributed by atoms with E-state index in [2.05, 4.69) is 43.3 Å². The van der Waals surface area contributed by atoms with Crippen molar-refractivity contribution in [3.8, 4) is 11.4 Å². The highest BCUT2D eigenvalue weighted by Gasteiger charge is 2.15. The quantitative estimate of drug-likeness (QED) is 0.360. The molecular formula is C21H20BrN5O2S. The van der Waals surface area contributed by atoms with E-state index in [9.17, 15) is 9.59 Å². The van der Waals surface area contributed by atoms with Gasteiger partial charge in [-0.15, -0.1) is 16.8 Å². The molecular weight excluding hydrogens is 466 g/mol. The maximum absolute atomic E-state index is 12.3. The van der Waals surface area contributed by atoms with Gasteiger partial charge in [-0.25, -0.2) is 0 Å². The molecule has 154 valence electrons. The third-order valence-electron chi connectivity index (χ3n) is 3.95. The number of halogens is 1. The second-order valence-electron chi connectivity index (χ2n) is 6.31. The van der Waals surface area contributed by atoms with Crippen molar-refractivity contribution in [2.75, 3.05) is 16.4 Å². The zero-order valence-corrected chi connectivity index (χ0v) is 18.7. The van der Waals surface area contributed by atoms with Gasteiger partial charge in [0.2, 0.25) is 11.8 Å². The van der Waals surface area contributed by atoms with Crippen molar-refractivity contribution in [2.24, 2.45) is 0 Å². The van der Waals surface area contributed by atoms with E-state index >= 15 is 0 Å². The van der Waals surface area contributed by atoms with Crippen molar-refractivity contribution in [3.63, 3.8) is 0 Å². The second-order valence-corrected chi connectivity index (χ2v) is 8.17. The number of carbonyl (C=O) groups excluding carboxylic acids is 2. The molecule has 0 spiro atoms. The van der Waals surface area contributed by atoms with Gasteiger partial charge in [-0.3, -0.25) is 14.2 Å². The number of thioether (sulfide) groups is 1. The molecule has 0 saturated carbocycles. The van der Waals surface area contributed by atoms with E-state index in [0.717, 1.165) is 15.9 Å². The number of hydrogen-bond donors (Lipinski definition) is 2. The molecule has 7 nitrogen and oxygen atoms in total. The first-order chi connectivity index (χ1) is 14.5. The van der Waals surface area contributed by atoms with Crippen molar-refractivity contribution in [1.29, 1.82) is 0 Å². The van der Waals surface area contributed by atoms with Gasteiger partial charge >= 0.3 is 0 Å². The first-order valence-corrected chi connectivity index (χ1v) is 10.8. The normalized spacial score (nSPS) is 10.5. The SMILES string of the molecule is C=CCn1c(SCC(=O)Nc2ccc(NC(C)=O)cc2)nnc1-c1ccc(Br)cc1. The van der Waals surface area contributed by atoms with Crippen LogP contribution in [0, 0.1) is 0 Å². The molecule has 0 fully saturated rings. The molecule has 0 aliphatic carbocycles. The van der Waals surface area contributed by atoms with Gasteiger partial charge in [0.25, 0.3) is 0 Å². The van der Waals surface area contributed by atoms with Crippen LogP contribution in [-0.4, -0.2) is 32.3 Å². The van der Waals surface area contributed by atoms with E-state index < -0.39 is 0 Å². The van der Waals surface area contributed by atoms with Crippen LogP contribution >= 0.6 is 27.7 Å². The number of aromatic nitrogens is 3. The summed E-state index contributed by atoms with van der Waals surface area (Å²) in [5, 5.41) is 14.7. The van der Waals surface area contributed by atoms with Crippen molar-refractivity contribution < 1.29 is 9.59 Å². The number of benzene rings is 2. The Morgan fingerprint density at radius 2 is 1.70 bits per heavy atom. The summed E-state index contributed by atoms with van der Waals surface area (Å²) in [6.07, 6.45) is 1.77. The smallest absolute Gasteiger partial charge is 0.234 e. The van der Waals surface area contributed by atoms with Gasteiger partial charge in [0.05, 0.1) is 5.75 Å². The predicted octanol–water partition coefficient (Wildman–Crippen LogP) is 4.58. The molecule has 2 aromatic carbocycles. The Morgan fingerprint density at radius 3 is 2.30 bits per heavy atom. The van der Waals surface area contributed by atoms with Crippen molar-refractivity contribution in [1.82, 2.24) is 14.8 Å². The Bertz CT molecular complexity index is 1050. The molecule has 0 atom stereocenters. The molecule has 9 heteroatoms. The van der Waals surface area contributed by atoms with Gasteiger partial charge in [-0.2, -0.15) is 0 Å². The molecule has 2 amide bonds. The molecule has 0 saturated heterocycles. The van der Waals surface area contributed by atoms with Gasteiger partial charge < -0.3 is 10.6 Å². The van der Waals surface area contributed by atoms with E-state index in [1.165, 1.54) is 18.7 Å². The van der Waals surface area contributed by atoms with E-state index in [4.69, 9.17) is 0 Å². The van der Waals surface area contributed by atoms with E-state index in [0.29, 0.717) is 23.1 Å². The van der Waals surface area contributed by atoms with Crippen LogP contribution in [0.3, 0.4) is 0 Å². The molecule has 3 rings (SSSR count). The minimum absolute atomic E-state index is 0.144. The minimum atomic E-state index is -0.161. The summed E-state index contributed by atoms with van der Waals surface area (Å²) in [4.78, 5) is 23.4. The number of anilines is 2. The van der Waals surface area contributed by atoms with Gasteiger partial charge in [-0.1, -0.05) is 45.9 Å². The van der Waals surface area contributed by atoms with Crippen LogP contribution in [0.25, 0.3) is 11.4 Å². The van der Waals surface area contributed by atoms with E-state index in [-0.39, 0.29) is 17.6 Å². The van der Waals surface area contributed by atoms with Crippen LogP contribution in [0.5, 0.6) is 0 Å². The summed E-state index contributed by atoms with van der Waals surface area (Å²) >= 11 is 4.74. The lowest BCUT2D eigenvalue weighted by molar-refractivity contribution is -0.114. The topological polar surface area (TPSA) is 88.9 Å². The molecule has 0 aliphatic rings. The largest absolute Gasteiger partial charge is 0.326 e. The number of nitrogens with one attached hydrogen (secondary N) is 2. The van der Waals surface area contributed by atoms with Crippen LogP contribution in [0.15, 0.2) is 70.8 Å². The third kappa shape index (κ3) is 5.80. The number of allylic oxidation sites excluding steroid dienone is 1. The second kappa shape index (κ2) is 10.2. The van der Waals surface area contributed by atoms with E-state index in [1.54, 1.807) is 30.3 Å². The minimum Gasteiger partial charge on any atom is -0.326 e. The summed E-state index contributed by atoms with van der Waals surface area (Å²) in [5.41, 5.74) is 2.26. The van der Waals surface area contributed by atoms with Crippen LogP contribution in [-0.2, 0) is 16.1 Å². The highest BCUT2D eigenvalue weighted by molar-refractivity contribution is 9.10. The average molecular weight is 486 g/mol. The Labute approximate surface area is 187 Å². The standard InChI is InChI=1S/C21H20BrN5O2S/c1-3-12-27-20(15-4-6-16(22)7-5-15)25-26-21(27)30-13-19(29)24-18-10-8-17(9-11-18)23-14(2)28/h3-11H,1,12-13H2,2H3,(H,23,28)(H,24,29). The first kappa shape index (κ1) is 21.8. The molecule has 3 aromatic rings. The monoisotopic (exact) mass is 485 g/mol. The summed E-state index contributed by atoms with van der Waals surface area (Å²) in [6, 6.07) is 14.7. The van der Waals surface area contributed by atoms with Crippen molar-refractivity contribution in [3.05, 3.63) is 65.7 Å². The lowest BCUT2D eigenvalue weighted by Gasteiger charge is -2.09. The Morgan fingerprint density at radius 1 is 1.07 bits per heavy atom. The number of carbonyl (C=O) groups is 2. The maximum Gasteiger partial charge on any atom is 0.234 e. The Balaban J connectivity index is 1.64. The van der Waals surface area contributed by atoms with Crippen LogP contribution in [0.4, 0.5) is 11.4 Å². The zero-order chi connectivity index (χ0) is 21.5. The molecule has 0 aliphatic heterocycles. The fraction of sp³-hybridized carbons (Fsp3) is 0.143. The molecule has 1 aromatic heterocycles. The van der Waals surface area contributed by atoms with E-state index in [1.807, 2.05) is 28.8 Å². The number of rotatable bonds is 8. The number of amides is 2. The summed E-state index contributed by atoms with van der Waals surface area (Å²) < 4.78 is 2.91. The third-order valence-corrected chi connectivity index (χ3v) is 5.45. The molecule has 30 heavy (non-hydrogen) atoms. The first-order valence-electron chi connectivity index (χ1n) is 9.06. The molecule has 0 bridgehead atoms. The zero-order valence-electron chi connectivity index (χ0n) is 16.3. The highest BCUT2D eigenvalue weighted by Crippen LogP contribution is 2.25. The molecule has 1 heterocycles. The van der Waals surface area contributed by atoms with Gasteiger partial charge in [-0.05, 0) is 36.4 Å². The highest BCUT2D eigenvalue weighted by atomic mass is 79.9. The predicted molar refractivity (Wildman–Crippen MR) is 123 cm³/mol. The fourth-order valence-corrected chi connectivity index (χ4v) is 3.68. The lowest BCUT2D eigenvalue weighted by atomic mass is 10.2.